The molecule has 0 bridgehead atoms. The maximum atomic E-state index is 12.9. The SMILES string of the molecule is CCOc1cc(/C=C2\SC(=S)N(Cc3ccco3)C2=O)ccc1OCC(=O)Nc1cccc(C)c1C. The second kappa shape index (κ2) is 11.5. The van der Waals surface area contributed by atoms with E-state index in [1.807, 2.05) is 39.0 Å². The second-order valence-electron chi connectivity index (χ2n) is 8.07. The highest BCUT2D eigenvalue weighted by molar-refractivity contribution is 8.26. The molecular formula is C27H26N2O5S2. The third-order valence-corrected chi connectivity index (χ3v) is 6.95. The highest BCUT2D eigenvalue weighted by Gasteiger charge is 2.32. The quantitative estimate of drug-likeness (QED) is 0.285. The summed E-state index contributed by atoms with van der Waals surface area (Å²) in [6.45, 7) is 6.36. The van der Waals surface area contributed by atoms with E-state index in [4.69, 9.17) is 26.1 Å². The smallest absolute Gasteiger partial charge is 0.266 e. The fourth-order valence-corrected chi connectivity index (χ4v) is 4.82. The summed E-state index contributed by atoms with van der Waals surface area (Å²) in [5, 5.41) is 2.88. The van der Waals surface area contributed by atoms with E-state index >= 15 is 0 Å². The molecule has 1 saturated heterocycles. The van der Waals surface area contributed by atoms with Crippen LogP contribution in [0.3, 0.4) is 0 Å². The molecule has 0 atom stereocenters. The average Bonchev–Trinajstić information content (AvgIpc) is 3.46. The van der Waals surface area contributed by atoms with Crippen LogP contribution in [0, 0.1) is 13.8 Å². The molecule has 1 fully saturated rings. The van der Waals surface area contributed by atoms with E-state index in [0.29, 0.717) is 33.1 Å². The minimum atomic E-state index is -0.268. The minimum absolute atomic E-state index is 0.168. The van der Waals surface area contributed by atoms with Crippen LogP contribution in [0.15, 0.2) is 64.1 Å². The van der Waals surface area contributed by atoms with Gasteiger partial charge in [-0.1, -0.05) is 42.2 Å². The van der Waals surface area contributed by atoms with Gasteiger partial charge in [0, 0.05) is 5.69 Å². The van der Waals surface area contributed by atoms with Gasteiger partial charge in [0.15, 0.2) is 18.1 Å². The Hall–Kier alpha value is -3.56. The van der Waals surface area contributed by atoms with Crippen molar-refractivity contribution in [2.24, 2.45) is 0 Å². The molecule has 0 spiro atoms. The zero-order valence-electron chi connectivity index (χ0n) is 20.2. The Morgan fingerprint density at radius 3 is 2.72 bits per heavy atom. The standard InChI is InChI=1S/C27H26N2O5S2/c1-4-32-23-13-19(14-24-26(31)29(27(35)36-24)15-20-8-6-12-33-20)10-11-22(23)34-16-25(30)28-21-9-5-7-17(2)18(21)3/h5-14H,4,15-16H2,1-3H3,(H,28,30)/b24-14-. The summed E-state index contributed by atoms with van der Waals surface area (Å²) in [7, 11) is 0. The predicted molar refractivity (Wildman–Crippen MR) is 145 cm³/mol. The van der Waals surface area contributed by atoms with Gasteiger partial charge in [-0.25, -0.2) is 0 Å². The molecule has 0 unspecified atom stereocenters. The number of nitrogens with one attached hydrogen (secondary N) is 1. The van der Waals surface area contributed by atoms with E-state index in [9.17, 15) is 9.59 Å². The maximum absolute atomic E-state index is 12.9. The van der Waals surface area contributed by atoms with Crippen LogP contribution in [-0.2, 0) is 16.1 Å². The van der Waals surface area contributed by atoms with Crippen molar-refractivity contribution < 1.29 is 23.5 Å². The van der Waals surface area contributed by atoms with Crippen molar-refractivity contribution in [1.29, 1.82) is 0 Å². The lowest BCUT2D eigenvalue weighted by Crippen LogP contribution is -2.27. The topological polar surface area (TPSA) is 81.0 Å². The van der Waals surface area contributed by atoms with Gasteiger partial charge in [-0.15, -0.1) is 0 Å². The van der Waals surface area contributed by atoms with E-state index in [1.54, 1.807) is 42.7 Å². The molecule has 4 rings (SSSR count). The zero-order valence-corrected chi connectivity index (χ0v) is 21.8. The lowest BCUT2D eigenvalue weighted by Gasteiger charge is -2.14. The normalized spacial score (nSPS) is 14.4. The summed E-state index contributed by atoms with van der Waals surface area (Å²) in [5.74, 6) is 1.14. The lowest BCUT2D eigenvalue weighted by molar-refractivity contribution is -0.122. The lowest BCUT2D eigenvalue weighted by atomic mass is 10.1. The highest BCUT2D eigenvalue weighted by Crippen LogP contribution is 2.35. The number of carbonyl (C=O) groups is 2. The van der Waals surface area contributed by atoms with Crippen LogP contribution >= 0.6 is 24.0 Å². The van der Waals surface area contributed by atoms with Crippen LogP contribution in [0.25, 0.3) is 6.08 Å². The summed E-state index contributed by atoms with van der Waals surface area (Å²) >= 11 is 6.64. The van der Waals surface area contributed by atoms with Crippen molar-refractivity contribution in [3.05, 3.63) is 82.1 Å². The number of ether oxygens (including phenoxy) is 2. The fraction of sp³-hybridized carbons (Fsp3) is 0.222. The van der Waals surface area contributed by atoms with Crippen LogP contribution in [0.2, 0.25) is 0 Å². The first kappa shape index (κ1) is 25.5. The first-order chi connectivity index (χ1) is 17.4. The molecule has 1 N–H and O–H groups in total. The summed E-state index contributed by atoms with van der Waals surface area (Å²) in [6.07, 6.45) is 3.33. The Balaban J connectivity index is 1.44. The van der Waals surface area contributed by atoms with Crippen molar-refractivity contribution in [2.45, 2.75) is 27.3 Å². The summed E-state index contributed by atoms with van der Waals surface area (Å²) in [5.41, 5.74) is 3.62. The number of hydrogen-bond acceptors (Lipinski definition) is 7. The molecule has 0 radical (unpaired) electrons. The van der Waals surface area contributed by atoms with Crippen LogP contribution in [0.5, 0.6) is 11.5 Å². The summed E-state index contributed by atoms with van der Waals surface area (Å²) in [4.78, 5) is 27.4. The van der Waals surface area contributed by atoms with Gasteiger partial charge in [0.1, 0.15) is 10.1 Å². The first-order valence-corrected chi connectivity index (χ1v) is 12.6. The number of thiocarbonyl (C=S) groups is 1. The van der Waals surface area contributed by atoms with E-state index in [-0.39, 0.29) is 25.0 Å². The molecule has 3 aromatic rings. The van der Waals surface area contributed by atoms with Crippen LogP contribution in [-0.4, -0.2) is 34.2 Å². The molecule has 2 amide bonds. The van der Waals surface area contributed by atoms with Gasteiger partial charge in [0.25, 0.3) is 11.8 Å². The summed E-state index contributed by atoms with van der Waals surface area (Å²) < 4.78 is 17.3. The largest absolute Gasteiger partial charge is 0.490 e. The first-order valence-electron chi connectivity index (χ1n) is 11.4. The molecule has 7 nitrogen and oxygen atoms in total. The van der Waals surface area contributed by atoms with Crippen LogP contribution in [0.1, 0.15) is 29.4 Å². The number of amides is 2. The molecular weight excluding hydrogens is 496 g/mol. The van der Waals surface area contributed by atoms with Gasteiger partial charge < -0.3 is 19.2 Å². The number of aryl methyl sites for hydroxylation is 1. The number of benzene rings is 2. The molecule has 186 valence electrons. The third kappa shape index (κ3) is 5.98. The van der Waals surface area contributed by atoms with Gasteiger partial charge in [-0.2, -0.15) is 0 Å². The Labute approximate surface area is 219 Å². The van der Waals surface area contributed by atoms with E-state index < -0.39 is 0 Å². The monoisotopic (exact) mass is 522 g/mol. The van der Waals surface area contributed by atoms with E-state index in [1.165, 1.54) is 16.7 Å². The molecule has 0 saturated carbocycles. The second-order valence-corrected chi connectivity index (χ2v) is 9.75. The molecule has 1 aromatic heterocycles. The van der Waals surface area contributed by atoms with Gasteiger partial charge in [0.05, 0.1) is 24.3 Å². The number of rotatable bonds is 9. The number of thioether (sulfide) groups is 1. The van der Waals surface area contributed by atoms with Gasteiger partial charge in [-0.05, 0) is 73.9 Å². The van der Waals surface area contributed by atoms with Crippen LogP contribution < -0.4 is 14.8 Å². The molecule has 36 heavy (non-hydrogen) atoms. The molecule has 2 heterocycles. The predicted octanol–water partition coefficient (Wildman–Crippen LogP) is 5.71. The number of nitrogens with zero attached hydrogens (tertiary/aromatic N) is 1. The number of furan rings is 1. The Morgan fingerprint density at radius 2 is 1.97 bits per heavy atom. The van der Waals surface area contributed by atoms with Crippen molar-refractivity contribution in [1.82, 2.24) is 4.90 Å². The Kier molecular flexibility index (Phi) is 8.12. The number of anilines is 1. The third-order valence-electron chi connectivity index (χ3n) is 5.57. The van der Waals surface area contributed by atoms with Crippen molar-refractivity contribution in [3.8, 4) is 11.5 Å². The highest BCUT2D eigenvalue weighted by atomic mass is 32.2. The van der Waals surface area contributed by atoms with Crippen molar-refractivity contribution in [2.75, 3.05) is 18.5 Å². The van der Waals surface area contributed by atoms with E-state index in [0.717, 1.165) is 22.4 Å². The maximum Gasteiger partial charge on any atom is 0.266 e. The Bertz CT molecular complexity index is 1320. The van der Waals surface area contributed by atoms with E-state index in [2.05, 4.69) is 5.32 Å². The molecule has 1 aliphatic rings. The number of hydrogen-bond donors (Lipinski definition) is 1. The minimum Gasteiger partial charge on any atom is -0.490 e. The van der Waals surface area contributed by atoms with Crippen LogP contribution in [0.4, 0.5) is 5.69 Å². The van der Waals surface area contributed by atoms with Gasteiger partial charge >= 0.3 is 0 Å². The molecule has 1 aliphatic heterocycles. The Morgan fingerprint density at radius 1 is 1.14 bits per heavy atom. The van der Waals surface area contributed by atoms with Gasteiger partial charge in [0.2, 0.25) is 0 Å². The zero-order chi connectivity index (χ0) is 25.7. The van der Waals surface area contributed by atoms with Crippen molar-refractivity contribution in [3.63, 3.8) is 0 Å². The van der Waals surface area contributed by atoms with Crippen molar-refractivity contribution >= 4 is 51.9 Å². The molecule has 9 heteroatoms. The molecule has 2 aromatic carbocycles. The molecule has 0 aliphatic carbocycles. The fourth-order valence-electron chi connectivity index (χ4n) is 3.56. The average molecular weight is 523 g/mol. The number of carbonyl (C=O) groups excluding carboxylic acids is 2. The summed E-state index contributed by atoms with van der Waals surface area (Å²) in [6, 6.07) is 14.6. The van der Waals surface area contributed by atoms with Gasteiger partial charge in [-0.3, -0.25) is 14.5 Å².